The number of rotatable bonds is 4. The molecule has 0 aliphatic carbocycles. The lowest BCUT2D eigenvalue weighted by Gasteiger charge is -2.06. The standard InChI is InChI=1S/C14H14ClN3O/c1-2-19-14-9-11(16)6-7-13(14)18-17-12-5-3-4-10(15)8-12/h3-9H,2,16H2,1H3/b18-17+. The molecule has 0 aliphatic heterocycles. The van der Waals surface area contributed by atoms with E-state index in [-0.39, 0.29) is 0 Å². The minimum Gasteiger partial charge on any atom is -0.491 e. The maximum atomic E-state index is 5.89. The van der Waals surface area contributed by atoms with Gasteiger partial charge < -0.3 is 10.5 Å². The van der Waals surface area contributed by atoms with Crippen LogP contribution in [-0.2, 0) is 0 Å². The molecule has 2 N–H and O–H groups in total. The molecule has 19 heavy (non-hydrogen) atoms. The predicted molar refractivity (Wildman–Crippen MR) is 77.7 cm³/mol. The molecule has 0 radical (unpaired) electrons. The normalized spacial score (nSPS) is 10.8. The van der Waals surface area contributed by atoms with Crippen LogP contribution in [0.4, 0.5) is 17.1 Å². The lowest BCUT2D eigenvalue weighted by atomic mass is 10.2. The highest BCUT2D eigenvalue weighted by Crippen LogP contribution is 2.31. The van der Waals surface area contributed by atoms with Crippen molar-refractivity contribution in [1.29, 1.82) is 0 Å². The minimum atomic E-state index is 0.545. The number of anilines is 1. The molecule has 0 aromatic heterocycles. The Morgan fingerprint density at radius 1 is 1.16 bits per heavy atom. The van der Waals surface area contributed by atoms with Crippen molar-refractivity contribution in [1.82, 2.24) is 0 Å². The van der Waals surface area contributed by atoms with Gasteiger partial charge >= 0.3 is 0 Å². The highest BCUT2D eigenvalue weighted by Gasteiger charge is 2.03. The van der Waals surface area contributed by atoms with Crippen molar-refractivity contribution in [3.8, 4) is 5.75 Å². The van der Waals surface area contributed by atoms with Crippen LogP contribution in [0, 0.1) is 0 Å². The molecule has 0 atom stereocenters. The van der Waals surface area contributed by atoms with Crippen molar-refractivity contribution < 1.29 is 4.74 Å². The zero-order valence-electron chi connectivity index (χ0n) is 10.5. The van der Waals surface area contributed by atoms with Gasteiger partial charge in [0, 0.05) is 16.8 Å². The van der Waals surface area contributed by atoms with E-state index < -0.39 is 0 Å². The third-order valence-corrected chi connectivity index (χ3v) is 2.60. The molecule has 0 saturated heterocycles. The summed E-state index contributed by atoms with van der Waals surface area (Å²) < 4.78 is 5.47. The summed E-state index contributed by atoms with van der Waals surface area (Å²) in [5, 5.41) is 8.92. The number of ether oxygens (including phenoxy) is 1. The monoisotopic (exact) mass is 275 g/mol. The van der Waals surface area contributed by atoms with E-state index in [4.69, 9.17) is 22.1 Å². The third-order valence-electron chi connectivity index (χ3n) is 2.37. The highest BCUT2D eigenvalue weighted by atomic mass is 35.5. The minimum absolute atomic E-state index is 0.545. The van der Waals surface area contributed by atoms with Crippen LogP contribution < -0.4 is 10.5 Å². The number of nitrogen functional groups attached to an aromatic ring is 1. The fourth-order valence-corrected chi connectivity index (χ4v) is 1.72. The zero-order chi connectivity index (χ0) is 13.7. The van der Waals surface area contributed by atoms with Gasteiger partial charge in [-0.3, -0.25) is 0 Å². The van der Waals surface area contributed by atoms with Crippen LogP contribution >= 0.6 is 11.6 Å². The van der Waals surface area contributed by atoms with Gasteiger partial charge in [0.05, 0.1) is 12.3 Å². The van der Waals surface area contributed by atoms with Gasteiger partial charge in [-0.15, -0.1) is 5.11 Å². The van der Waals surface area contributed by atoms with Gasteiger partial charge in [0.25, 0.3) is 0 Å². The third kappa shape index (κ3) is 3.69. The molecule has 0 fully saturated rings. The first-order chi connectivity index (χ1) is 9.19. The Labute approximate surface area is 116 Å². The first-order valence-corrected chi connectivity index (χ1v) is 6.26. The number of halogens is 1. The fourth-order valence-electron chi connectivity index (χ4n) is 1.53. The summed E-state index contributed by atoms with van der Waals surface area (Å²) in [5.74, 6) is 0.619. The molecule has 2 rings (SSSR count). The Morgan fingerprint density at radius 2 is 2.00 bits per heavy atom. The molecule has 4 nitrogen and oxygen atoms in total. The van der Waals surface area contributed by atoms with Crippen LogP contribution in [0.1, 0.15) is 6.92 Å². The van der Waals surface area contributed by atoms with Gasteiger partial charge in [0.1, 0.15) is 11.4 Å². The SMILES string of the molecule is CCOc1cc(N)ccc1/N=N/c1cccc(Cl)c1. The first-order valence-electron chi connectivity index (χ1n) is 5.88. The van der Waals surface area contributed by atoms with Gasteiger partial charge in [-0.2, -0.15) is 5.11 Å². The van der Waals surface area contributed by atoms with Gasteiger partial charge in [0.2, 0.25) is 0 Å². The van der Waals surface area contributed by atoms with E-state index >= 15 is 0 Å². The van der Waals surface area contributed by atoms with Crippen LogP contribution in [0.3, 0.4) is 0 Å². The Morgan fingerprint density at radius 3 is 2.74 bits per heavy atom. The van der Waals surface area contributed by atoms with E-state index in [0.717, 1.165) is 0 Å². The smallest absolute Gasteiger partial charge is 0.148 e. The summed E-state index contributed by atoms with van der Waals surface area (Å²) in [7, 11) is 0. The molecule has 0 spiro atoms. The predicted octanol–water partition coefficient (Wildman–Crippen LogP) is 4.74. The van der Waals surface area contributed by atoms with Gasteiger partial charge in [0.15, 0.2) is 0 Å². The Kier molecular flexibility index (Phi) is 4.36. The molecule has 2 aromatic rings. The van der Waals surface area contributed by atoms with Crippen molar-refractivity contribution in [2.45, 2.75) is 6.92 Å². The molecule has 0 amide bonds. The van der Waals surface area contributed by atoms with Crippen LogP contribution in [0.5, 0.6) is 5.75 Å². The van der Waals surface area contributed by atoms with Crippen LogP contribution in [0.25, 0.3) is 0 Å². The molecule has 0 bridgehead atoms. The maximum absolute atomic E-state index is 5.89. The molecule has 0 aliphatic rings. The Balaban J connectivity index is 2.27. The van der Waals surface area contributed by atoms with Crippen molar-refractivity contribution >= 4 is 28.7 Å². The average molecular weight is 276 g/mol. The lowest BCUT2D eigenvalue weighted by molar-refractivity contribution is 0.341. The topological polar surface area (TPSA) is 60.0 Å². The summed E-state index contributed by atoms with van der Waals surface area (Å²) in [6.45, 7) is 2.45. The highest BCUT2D eigenvalue weighted by molar-refractivity contribution is 6.30. The molecule has 0 unspecified atom stereocenters. The van der Waals surface area contributed by atoms with E-state index in [9.17, 15) is 0 Å². The van der Waals surface area contributed by atoms with Gasteiger partial charge in [-0.25, -0.2) is 0 Å². The molecule has 5 heteroatoms. The number of nitrogens with zero attached hydrogens (tertiary/aromatic N) is 2. The van der Waals surface area contributed by atoms with Crippen LogP contribution in [0.2, 0.25) is 5.02 Å². The second-order valence-electron chi connectivity index (χ2n) is 3.84. The summed E-state index contributed by atoms with van der Waals surface area (Å²) in [6, 6.07) is 12.4. The molecular weight excluding hydrogens is 262 g/mol. The van der Waals surface area contributed by atoms with Crippen molar-refractivity contribution in [3.05, 3.63) is 47.5 Å². The van der Waals surface area contributed by atoms with Gasteiger partial charge in [-0.1, -0.05) is 17.7 Å². The number of hydrogen-bond acceptors (Lipinski definition) is 4. The van der Waals surface area contributed by atoms with Gasteiger partial charge in [-0.05, 0) is 37.3 Å². The Hall–Kier alpha value is -2.07. The Bertz CT molecular complexity index is 599. The van der Waals surface area contributed by atoms with E-state index in [1.165, 1.54) is 0 Å². The summed E-state index contributed by atoms with van der Waals surface area (Å²) in [6.07, 6.45) is 0. The largest absolute Gasteiger partial charge is 0.491 e. The summed E-state index contributed by atoms with van der Waals surface area (Å²) >= 11 is 5.89. The average Bonchev–Trinajstić information content (AvgIpc) is 2.38. The van der Waals surface area contributed by atoms with Crippen molar-refractivity contribution in [2.24, 2.45) is 10.2 Å². The summed E-state index contributed by atoms with van der Waals surface area (Å²) in [5.41, 5.74) is 7.67. The molecular formula is C14H14ClN3O. The van der Waals surface area contributed by atoms with E-state index in [1.807, 2.05) is 19.1 Å². The van der Waals surface area contributed by atoms with E-state index in [1.54, 1.807) is 30.3 Å². The molecule has 2 aromatic carbocycles. The van der Waals surface area contributed by atoms with E-state index in [0.29, 0.717) is 34.4 Å². The molecule has 0 heterocycles. The van der Waals surface area contributed by atoms with E-state index in [2.05, 4.69) is 10.2 Å². The lowest BCUT2D eigenvalue weighted by Crippen LogP contribution is -1.93. The first kappa shape index (κ1) is 13.4. The number of azo groups is 1. The van der Waals surface area contributed by atoms with Crippen LogP contribution in [0.15, 0.2) is 52.7 Å². The second kappa shape index (κ2) is 6.20. The molecule has 98 valence electrons. The fraction of sp³-hybridized carbons (Fsp3) is 0.143. The number of benzene rings is 2. The number of nitrogens with two attached hydrogens (primary N) is 1. The quantitative estimate of drug-likeness (QED) is 0.647. The van der Waals surface area contributed by atoms with Crippen LogP contribution in [-0.4, -0.2) is 6.61 Å². The molecule has 0 saturated carbocycles. The zero-order valence-corrected chi connectivity index (χ0v) is 11.3. The number of hydrogen-bond donors (Lipinski definition) is 1. The summed E-state index contributed by atoms with van der Waals surface area (Å²) in [4.78, 5) is 0. The van der Waals surface area contributed by atoms with Crippen molar-refractivity contribution in [3.63, 3.8) is 0 Å². The van der Waals surface area contributed by atoms with Crippen molar-refractivity contribution in [2.75, 3.05) is 12.3 Å². The maximum Gasteiger partial charge on any atom is 0.148 e. The second-order valence-corrected chi connectivity index (χ2v) is 4.28.